The van der Waals surface area contributed by atoms with E-state index in [9.17, 15) is 4.39 Å². The quantitative estimate of drug-likeness (QED) is 0.487. The molecule has 0 bridgehead atoms. The van der Waals surface area contributed by atoms with Crippen molar-refractivity contribution >= 4 is 16.6 Å². The number of nitrogens with zero attached hydrogens (tertiary/aromatic N) is 4. The van der Waals surface area contributed by atoms with Crippen molar-refractivity contribution in [3.8, 4) is 23.0 Å². The summed E-state index contributed by atoms with van der Waals surface area (Å²) in [5, 5.41) is 17.6. The lowest BCUT2D eigenvalue weighted by Crippen LogP contribution is -2.07. The highest BCUT2D eigenvalue weighted by Gasteiger charge is 2.17. The van der Waals surface area contributed by atoms with Gasteiger partial charge in [-0.05, 0) is 30.7 Å². The van der Waals surface area contributed by atoms with Crippen LogP contribution in [0.5, 0.6) is 0 Å². The molecule has 0 spiro atoms. The number of halogens is 1. The van der Waals surface area contributed by atoms with Gasteiger partial charge in [-0.15, -0.1) is 10.2 Å². The van der Waals surface area contributed by atoms with Crippen LogP contribution in [0.15, 0.2) is 53.1 Å². The summed E-state index contributed by atoms with van der Waals surface area (Å²) in [4.78, 5) is 4.41. The fraction of sp³-hybridized carbons (Fsp3) is 0.200. The molecule has 0 radical (unpaired) electrons. The first-order chi connectivity index (χ1) is 13.8. The molecule has 4 rings (SSSR count). The molecule has 2 aromatic carbocycles. The minimum atomic E-state index is -0.321. The molecule has 7 nitrogen and oxygen atoms in total. The van der Waals surface area contributed by atoms with Gasteiger partial charge in [-0.2, -0.15) is 4.98 Å². The first-order valence-corrected chi connectivity index (χ1v) is 8.84. The van der Waals surface area contributed by atoms with Crippen molar-refractivity contribution in [2.45, 2.75) is 6.42 Å². The molecule has 2 heterocycles. The highest BCUT2D eigenvalue weighted by atomic mass is 19.1. The Hall–Kier alpha value is -3.39. The van der Waals surface area contributed by atoms with Gasteiger partial charge in [0.15, 0.2) is 11.5 Å². The lowest BCUT2D eigenvalue weighted by Gasteiger charge is -2.09. The highest BCUT2D eigenvalue weighted by Crippen LogP contribution is 2.30. The standard InChI is InChI=1S/C20H18FN5O2/c1-27-12-4-11-22-19-16-6-3-2-5-15(16)17(24-25-19)20-23-18(26-28-20)13-7-9-14(21)10-8-13/h2-3,5-10H,4,11-12H2,1H3,(H,22,25). The van der Waals surface area contributed by atoms with E-state index in [2.05, 4.69) is 25.7 Å². The van der Waals surface area contributed by atoms with E-state index in [1.54, 1.807) is 19.2 Å². The molecule has 1 N–H and O–H groups in total. The van der Waals surface area contributed by atoms with Gasteiger partial charge in [-0.3, -0.25) is 0 Å². The Bertz CT molecular complexity index is 1080. The third kappa shape index (κ3) is 3.67. The zero-order valence-electron chi connectivity index (χ0n) is 15.2. The Morgan fingerprint density at radius 1 is 1.04 bits per heavy atom. The van der Waals surface area contributed by atoms with Crippen LogP contribution in [0, 0.1) is 5.82 Å². The maximum absolute atomic E-state index is 13.1. The molecule has 0 fully saturated rings. The third-order valence-corrected chi connectivity index (χ3v) is 4.24. The van der Waals surface area contributed by atoms with Gasteiger partial charge < -0.3 is 14.6 Å². The number of fused-ring (bicyclic) bond motifs is 1. The van der Waals surface area contributed by atoms with Gasteiger partial charge in [0, 0.05) is 36.6 Å². The minimum Gasteiger partial charge on any atom is -0.385 e. The van der Waals surface area contributed by atoms with E-state index >= 15 is 0 Å². The number of anilines is 1. The molecule has 0 atom stereocenters. The summed E-state index contributed by atoms with van der Waals surface area (Å²) in [5.41, 5.74) is 1.16. The maximum Gasteiger partial charge on any atom is 0.279 e. The Balaban J connectivity index is 1.67. The van der Waals surface area contributed by atoms with E-state index in [0.717, 1.165) is 23.7 Å². The van der Waals surface area contributed by atoms with Crippen LogP contribution in [-0.4, -0.2) is 40.6 Å². The van der Waals surface area contributed by atoms with E-state index < -0.39 is 0 Å². The summed E-state index contributed by atoms with van der Waals surface area (Å²) in [6, 6.07) is 13.6. The zero-order chi connectivity index (χ0) is 19.3. The van der Waals surface area contributed by atoms with Crippen molar-refractivity contribution < 1.29 is 13.7 Å². The van der Waals surface area contributed by atoms with E-state index in [1.807, 2.05) is 24.3 Å². The molecule has 142 valence electrons. The largest absolute Gasteiger partial charge is 0.385 e. The molecule has 0 unspecified atom stereocenters. The third-order valence-electron chi connectivity index (χ3n) is 4.24. The van der Waals surface area contributed by atoms with Crippen molar-refractivity contribution in [3.05, 3.63) is 54.3 Å². The smallest absolute Gasteiger partial charge is 0.279 e. The molecule has 0 saturated carbocycles. The molecule has 4 aromatic rings. The molecule has 0 aliphatic heterocycles. The van der Waals surface area contributed by atoms with Crippen LogP contribution in [0.2, 0.25) is 0 Å². The van der Waals surface area contributed by atoms with Crippen molar-refractivity contribution in [2.24, 2.45) is 0 Å². The number of ether oxygens (including phenoxy) is 1. The number of aromatic nitrogens is 4. The molecule has 0 aliphatic rings. The van der Waals surface area contributed by atoms with Crippen LogP contribution < -0.4 is 5.32 Å². The van der Waals surface area contributed by atoms with Gasteiger partial charge in [0.2, 0.25) is 5.82 Å². The van der Waals surface area contributed by atoms with E-state index in [-0.39, 0.29) is 11.7 Å². The Kier molecular flexibility index (Phi) is 5.20. The van der Waals surface area contributed by atoms with Gasteiger partial charge in [0.1, 0.15) is 5.82 Å². The van der Waals surface area contributed by atoms with Gasteiger partial charge in [0.05, 0.1) is 0 Å². The van der Waals surface area contributed by atoms with Crippen LogP contribution in [-0.2, 0) is 4.74 Å². The maximum atomic E-state index is 13.1. The van der Waals surface area contributed by atoms with Gasteiger partial charge >= 0.3 is 0 Å². The number of hydrogen-bond donors (Lipinski definition) is 1. The van der Waals surface area contributed by atoms with Crippen LogP contribution >= 0.6 is 0 Å². The fourth-order valence-electron chi connectivity index (χ4n) is 2.85. The Morgan fingerprint density at radius 2 is 1.82 bits per heavy atom. The summed E-state index contributed by atoms with van der Waals surface area (Å²) in [5.74, 6) is 0.989. The summed E-state index contributed by atoms with van der Waals surface area (Å²) >= 11 is 0. The van der Waals surface area contributed by atoms with E-state index in [1.165, 1.54) is 12.1 Å². The second kappa shape index (κ2) is 8.10. The second-order valence-electron chi connectivity index (χ2n) is 6.15. The average molecular weight is 379 g/mol. The normalized spacial score (nSPS) is 11.1. The predicted octanol–water partition coefficient (Wildman–Crippen LogP) is 3.93. The number of methoxy groups -OCH3 is 1. The minimum absolute atomic E-state index is 0.258. The molecule has 0 aliphatic carbocycles. The SMILES string of the molecule is COCCCNc1nnc(-c2nc(-c3ccc(F)cc3)no2)c2ccccc12. The first-order valence-electron chi connectivity index (χ1n) is 8.84. The predicted molar refractivity (Wildman–Crippen MR) is 103 cm³/mol. The Labute approximate surface area is 160 Å². The average Bonchev–Trinajstić information content (AvgIpc) is 3.21. The first kappa shape index (κ1) is 18.0. The van der Waals surface area contributed by atoms with Gasteiger partial charge in [-0.25, -0.2) is 4.39 Å². The number of rotatable bonds is 7. The van der Waals surface area contributed by atoms with Crippen molar-refractivity contribution in [2.75, 3.05) is 25.6 Å². The van der Waals surface area contributed by atoms with Crippen LogP contribution in [0.4, 0.5) is 10.2 Å². The van der Waals surface area contributed by atoms with Crippen LogP contribution in [0.25, 0.3) is 33.7 Å². The van der Waals surface area contributed by atoms with Crippen molar-refractivity contribution in [3.63, 3.8) is 0 Å². The number of benzene rings is 2. The molecule has 0 saturated heterocycles. The number of nitrogens with one attached hydrogen (secondary N) is 1. The zero-order valence-corrected chi connectivity index (χ0v) is 15.2. The topological polar surface area (TPSA) is 86.0 Å². The summed E-state index contributed by atoms with van der Waals surface area (Å²) in [6.45, 7) is 1.39. The van der Waals surface area contributed by atoms with Crippen LogP contribution in [0.3, 0.4) is 0 Å². The Morgan fingerprint density at radius 3 is 2.61 bits per heavy atom. The highest BCUT2D eigenvalue weighted by molar-refractivity contribution is 5.98. The van der Waals surface area contributed by atoms with Gasteiger partial charge in [-0.1, -0.05) is 29.4 Å². The van der Waals surface area contributed by atoms with Crippen molar-refractivity contribution in [1.29, 1.82) is 0 Å². The van der Waals surface area contributed by atoms with E-state index in [0.29, 0.717) is 29.5 Å². The molecule has 8 heteroatoms. The lowest BCUT2D eigenvalue weighted by molar-refractivity contribution is 0.198. The lowest BCUT2D eigenvalue weighted by atomic mass is 10.1. The van der Waals surface area contributed by atoms with Gasteiger partial charge in [0.25, 0.3) is 5.89 Å². The number of hydrogen-bond acceptors (Lipinski definition) is 7. The summed E-state index contributed by atoms with van der Waals surface area (Å²) in [6.07, 6.45) is 0.860. The fourth-order valence-corrected chi connectivity index (χ4v) is 2.85. The van der Waals surface area contributed by atoms with Crippen molar-refractivity contribution in [1.82, 2.24) is 20.3 Å². The monoisotopic (exact) mass is 379 g/mol. The van der Waals surface area contributed by atoms with Crippen LogP contribution in [0.1, 0.15) is 6.42 Å². The molecular weight excluding hydrogens is 361 g/mol. The summed E-state index contributed by atoms with van der Waals surface area (Å²) in [7, 11) is 1.68. The molecule has 2 aromatic heterocycles. The van der Waals surface area contributed by atoms with E-state index in [4.69, 9.17) is 9.26 Å². The second-order valence-corrected chi connectivity index (χ2v) is 6.15. The molecule has 0 amide bonds. The molecule has 28 heavy (non-hydrogen) atoms. The molecular formula is C20H18FN5O2. The summed E-state index contributed by atoms with van der Waals surface area (Å²) < 4.78 is 23.6.